The van der Waals surface area contributed by atoms with E-state index < -0.39 is 15.1 Å². The summed E-state index contributed by atoms with van der Waals surface area (Å²) in [4.78, 5) is 11.5. The minimum absolute atomic E-state index is 0.0567. The average Bonchev–Trinajstić information content (AvgIpc) is 2.73. The van der Waals surface area contributed by atoms with Crippen LogP contribution in [0.4, 0.5) is 5.82 Å². The Morgan fingerprint density at radius 2 is 1.71 bits per heavy atom. The van der Waals surface area contributed by atoms with Crippen LogP contribution in [0.3, 0.4) is 0 Å². The number of hydrogen-bond acceptors (Lipinski definition) is 7. The number of nitriles is 1. The van der Waals surface area contributed by atoms with E-state index in [9.17, 15) is 13.7 Å². The monoisotopic (exact) mass is 436 g/mol. The first-order chi connectivity index (χ1) is 14.8. The number of sulfone groups is 1. The number of anilines is 1. The van der Waals surface area contributed by atoms with Gasteiger partial charge < -0.3 is 9.64 Å². The number of fused-ring (bicyclic) bond motifs is 1. The van der Waals surface area contributed by atoms with Gasteiger partial charge in [-0.05, 0) is 50.6 Å². The zero-order valence-electron chi connectivity index (χ0n) is 17.7. The number of benzene rings is 2. The lowest BCUT2D eigenvalue weighted by Crippen LogP contribution is -2.46. The van der Waals surface area contributed by atoms with Crippen LogP contribution in [-0.4, -0.2) is 43.7 Å². The highest BCUT2D eigenvalue weighted by molar-refractivity contribution is 7.92. The van der Waals surface area contributed by atoms with Crippen molar-refractivity contribution >= 4 is 26.7 Å². The number of ether oxygens (including phenoxy) is 1. The third kappa shape index (κ3) is 4.11. The Kier molecular flexibility index (Phi) is 5.65. The van der Waals surface area contributed by atoms with Gasteiger partial charge in [0.1, 0.15) is 5.69 Å². The van der Waals surface area contributed by atoms with Crippen LogP contribution in [0.5, 0.6) is 0 Å². The van der Waals surface area contributed by atoms with Crippen LogP contribution in [0.1, 0.15) is 30.4 Å². The molecule has 160 valence electrons. The molecule has 0 amide bonds. The Labute approximate surface area is 182 Å². The van der Waals surface area contributed by atoms with Crippen LogP contribution in [0, 0.1) is 18.3 Å². The molecule has 0 bridgehead atoms. The minimum atomic E-state index is -4.01. The van der Waals surface area contributed by atoms with E-state index in [-0.39, 0.29) is 22.8 Å². The van der Waals surface area contributed by atoms with Crippen molar-refractivity contribution in [1.82, 2.24) is 9.97 Å². The molecule has 1 aliphatic rings. The topological polar surface area (TPSA) is 96.2 Å². The van der Waals surface area contributed by atoms with Gasteiger partial charge in [-0.1, -0.05) is 24.3 Å². The van der Waals surface area contributed by atoms with Crippen LogP contribution in [0.2, 0.25) is 0 Å². The molecule has 3 atom stereocenters. The first kappa shape index (κ1) is 21.2. The smallest absolute Gasteiger partial charge is 0.200 e. The molecule has 1 aliphatic heterocycles. The van der Waals surface area contributed by atoms with E-state index in [4.69, 9.17) is 9.72 Å². The molecule has 7 nitrogen and oxygen atoms in total. The Balaban J connectivity index is 1.91. The molecule has 2 aromatic carbocycles. The van der Waals surface area contributed by atoms with Crippen molar-refractivity contribution in [2.45, 2.75) is 43.1 Å². The molecule has 4 rings (SSSR count). The van der Waals surface area contributed by atoms with Crippen molar-refractivity contribution in [2.24, 2.45) is 0 Å². The SMILES string of the molecule is Cc1cccc(S(=O)(=O)[C@H](C#N)c2nc3ccccc3nc2N2C[C@@H](C)O[C@H](C)C2)c1. The van der Waals surface area contributed by atoms with E-state index in [1.807, 2.05) is 56.0 Å². The van der Waals surface area contributed by atoms with Gasteiger partial charge in [-0.2, -0.15) is 5.26 Å². The van der Waals surface area contributed by atoms with Gasteiger partial charge in [0.2, 0.25) is 9.84 Å². The minimum Gasteiger partial charge on any atom is -0.372 e. The van der Waals surface area contributed by atoms with E-state index in [0.29, 0.717) is 29.9 Å². The van der Waals surface area contributed by atoms with E-state index >= 15 is 0 Å². The number of aryl methyl sites for hydroxylation is 1. The normalized spacial score (nSPS) is 20.4. The standard InChI is InChI=1S/C23H24N4O3S/c1-15-7-6-8-18(11-15)31(28,29)21(12-24)22-23(27-13-16(2)30-17(3)14-27)26-20-10-5-4-9-19(20)25-22/h4-11,16-17,21H,13-14H2,1-3H3/t16-,17-,21-/m1/s1. The number of para-hydroxylation sites is 2. The first-order valence-electron chi connectivity index (χ1n) is 10.2. The third-order valence-corrected chi connectivity index (χ3v) is 7.15. The predicted molar refractivity (Wildman–Crippen MR) is 118 cm³/mol. The van der Waals surface area contributed by atoms with Gasteiger partial charge in [0, 0.05) is 13.1 Å². The maximum atomic E-state index is 13.5. The second-order valence-corrected chi connectivity index (χ2v) is 9.99. The van der Waals surface area contributed by atoms with Crippen LogP contribution >= 0.6 is 0 Å². The summed E-state index contributed by atoms with van der Waals surface area (Å²) < 4.78 is 32.8. The molecule has 3 aromatic rings. The summed E-state index contributed by atoms with van der Waals surface area (Å²) >= 11 is 0. The summed E-state index contributed by atoms with van der Waals surface area (Å²) in [6.45, 7) is 6.81. The van der Waals surface area contributed by atoms with Gasteiger partial charge in [0.25, 0.3) is 0 Å². The highest BCUT2D eigenvalue weighted by atomic mass is 32.2. The molecule has 0 unspecified atom stereocenters. The fraction of sp³-hybridized carbons (Fsp3) is 0.348. The summed E-state index contributed by atoms with van der Waals surface area (Å²) in [5.74, 6) is 0.420. The number of rotatable bonds is 4. The first-order valence-corrected chi connectivity index (χ1v) is 11.7. The number of aromatic nitrogens is 2. The Morgan fingerprint density at radius 3 is 2.32 bits per heavy atom. The zero-order chi connectivity index (χ0) is 22.2. The molecule has 1 saturated heterocycles. The van der Waals surface area contributed by atoms with Crippen LogP contribution in [0.15, 0.2) is 53.4 Å². The maximum Gasteiger partial charge on any atom is 0.200 e. The summed E-state index contributed by atoms with van der Waals surface area (Å²) in [6.07, 6.45) is -0.113. The third-order valence-electron chi connectivity index (χ3n) is 5.29. The number of hydrogen-bond donors (Lipinski definition) is 0. The lowest BCUT2D eigenvalue weighted by atomic mass is 10.2. The van der Waals surface area contributed by atoms with Gasteiger partial charge in [0.15, 0.2) is 11.1 Å². The van der Waals surface area contributed by atoms with Gasteiger partial charge in [-0.25, -0.2) is 18.4 Å². The fourth-order valence-electron chi connectivity index (χ4n) is 3.97. The molecular formula is C23H24N4O3S. The largest absolute Gasteiger partial charge is 0.372 e. The number of nitrogens with zero attached hydrogens (tertiary/aromatic N) is 4. The lowest BCUT2D eigenvalue weighted by Gasteiger charge is -2.37. The molecule has 31 heavy (non-hydrogen) atoms. The summed E-state index contributed by atoms with van der Waals surface area (Å²) in [5.41, 5.74) is 2.16. The summed E-state index contributed by atoms with van der Waals surface area (Å²) in [7, 11) is -4.01. The van der Waals surface area contributed by atoms with Gasteiger partial charge in [-0.15, -0.1) is 0 Å². The molecule has 0 N–H and O–H groups in total. The molecule has 0 aliphatic carbocycles. The van der Waals surface area contributed by atoms with E-state index in [0.717, 1.165) is 5.56 Å². The van der Waals surface area contributed by atoms with Gasteiger partial charge >= 0.3 is 0 Å². The van der Waals surface area contributed by atoms with E-state index in [1.54, 1.807) is 18.2 Å². The molecular weight excluding hydrogens is 412 g/mol. The second kappa shape index (κ2) is 8.25. The van der Waals surface area contributed by atoms with Crippen molar-refractivity contribution in [3.63, 3.8) is 0 Å². The van der Waals surface area contributed by atoms with Crippen LogP contribution < -0.4 is 4.90 Å². The maximum absolute atomic E-state index is 13.5. The Hall–Kier alpha value is -3.02. The predicted octanol–water partition coefficient (Wildman–Crippen LogP) is 3.59. The highest BCUT2D eigenvalue weighted by Crippen LogP contribution is 2.35. The van der Waals surface area contributed by atoms with Crippen molar-refractivity contribution in [2.75, 3.05) is 18.0 Å². The summed E-state index contributed by atoms with van der Waals surface area (Å²) in [6, 6.07) is 15.9. The zero-order valence-corrected chi connectivity index (χ0v) is 18.5. The molecule has 0 spiro atoms. The van der Waals surface area contributed by atoms with E-state index in [1.165, 1.54) is 6.07 Å². The molecule has 2 heterocycles. The van der Waals surface area contributed by atoms with Crippen molar-refractivity contribution in [1.29, 1.82) is 5.26 Å². The number of morpholine rings is 1. The second-order valence-electron chi connectivity index (χ2n) is 7.95. The van der Waals surface area contributed by atoms with E-state index in [2.05, 4.69) is 4.98 Å². The molecule has 0 radical (unpaired) electrons. The molecule has 1 fully saturated rings. The quantitative estimate of drug-likeness (QED) is 0.616. The van der Waals surface area contributed by atoms with Crippen LogP contribution in [0.25, 0.3) is 11.0 Å². The van der Waals surface area contributed by atoms with Crippen molar-refractivity contribution < 1.29 is 13.2 Å². The lowest BCUT2D eigenvalue weighted by molar-refractivity contribution is -0.00550. The average molecular weight is 437 g/mol. The Bertz CT molecular complexity index is 1260. The highest BCUT2D eigenvalue weighted by Gasteiger charge is 2.36. The van der Waals surface area contributed by atoms with Crippen LogP contribution in [-0.2, 0) is 14.6 Å². The molecule has 1 aromatic heterocycles. The fourth-order valence-corrected chi connectivity index (χ4v) is 5.45. The van der Waals surface area contributed by atoms with Crippen molar-refractivity contribution in [3.8, 4) is 6.07 Å². The van der Waals surface area contributed by atoms with Gasteiger partial charge in [0.05, 0.1) is 34.2 Å². The molecule has 8 heteroatoms. The molecule has 0 saturated carbocycles. The van der Waals surface area contributed by atoms with Gasteiger partial charge in [-0.3, -0.25) is 0 Å². The Morgan fingerprint density at radius 1 is 1.06 bits per heavy atom. The van der Waals surface area contributed by atoms with Crippen molar-refractivity contribution in [3.05, 3.63) is 59.8 Å². The summed E-state index contributed by atoms with van der Waals surface area (Å²) in [5, 5.41) is 8.53.